The molecule has 1 saturated heterocycles. The molecule has 1 saturated carbocycles. The van der Waals surface area contributed by atoms with Gasteiger partial charge < -0.3 is 10.0 Å². The number of piperidine rings is 1. The Morgan fingerprint density at radius 3 is 2.12 bits per heavy atom. The molecule has 1 aromatic rings. The molecule has 0 spiro atoms. The first kappa shape index (κ1) is 17.7. The fourth-order valence-corrected chi connectivity index (χ4v) is 4.16. The quantitative estimate of drug-likeness (QED) is 0.883. The van der Waals surface area contributed by atoms with Crippen molar-refractivity contribution in [2.45, 2.75) is 56.2 Å². The molecule has 2 nitrogen and oxygen atoms in total. The number of benzene rings is 1. The predicted molar refractivity (Wildman–Crippen MR) is 87.8 cm³/mol. The number of alkyl halides is 3. The van der Waals surface area contributed by atoms with Crippen LogP contribution in [0.2, 0.25) is 0 Å². The van der Waals surface area contributed by atoms with Gasteiger partial charge in [-0.2, -0.15) is 13.2 Å². The second-order valence-corrected chi connectivity index (χ2v) is 7.46. The molecular formula is C19H26F3NO. The molecule has 2 aliphatic rings. The van der Waals surface area contributed by atoms with Gasteiger partial charge in [0.05, 0.1) is 0 Å². The highest BCUT2D eigenvalue weighted by Crippen LogP contribution is 2.40. The maximum atomic E-state index is 12.8. The fourth-order valence-electron chi connectivity index (χ4n) is 4.16. The highest BCUT2D eigenvalue weighted by molar-refractivity contribution is 5.19. The molecule has 1 aliphatic heterocycles. The van der Waals surface area contributed by atoms with Crippen molar-refractivity contribution in [1.29, 1.82) is 0 Å². The smallest absolute Gasteiger partial charge is 0.380 e. The summed E-state index contributed by atoms with van der Waals surface area (Å²) in [5.41, 5.74) is -1.07. The van der Waals surface area contributed by atoms with Gasteiger partial charge in [-0.05, 0) is 55.9 Å². The van der Waals surface area contributed by atoms with Gasteiger partial charge in [0.2, 0.25) is 0 Å². The van der Waals surface area contributed by atoms with E-state index in [0.717, 1.165) is 32.2 Å². The summed E-state index contributed by atoms with van der Waals surface area (Å²) >= 11 is 0. The van der Waals surface area contributed by atoms with Gasteiger partial charge in [0.1, 0.15) is 0 Å². The Hall–Kier alpha value is -1.07. The number of hydrogen-bond donors (Lipinski definition) is 1. The molecule has 3 rings (SSSR count). The minimum Gasteiger partial charge on any atom is -0.380 e. The molecular weight excluding hydrogens is 315 g/mol. The van der Waals surface area contributed by atoms with Crippen molar-refractivity contribution in [1.82, 2.24) is 4.90 Å². The van der Waals surface area contributed by atoms with E-state index in [1.807, 2.05) is 6.07 Å². The second kappa shape index (κ2) is 7.04. The van der Waals surface area contributed by atoms with E-state index in [9.17, 15) is 18.3 Å². The summed E-state index contributed by atoms with van der Waals surface area (Å²) in [5, 5.41) is 9.74. The molecule has 1 aliphatic carbocycles. The summed E-state index contributed by atoms with van der Waals surface area (Å²) in [4.78, 5) is 2.10. The average molecular weight is 341 g/mol. The van der Waals surface area contributed by atoms with Gasteiger partial charge in [-0.3, -0.25) is 0 Å². The van der Waals surface area contributed by atoms with Crippen LogP contribution in [0.5, 0.6) is 0 Å². The lowest BCUT2D eigenvalue weighted by Gasteiger charge is -2.41. The lowest BCUT2D eigenvalue weighted by Crippen LogP contribution is -2.53. The van der Waals surface area contributed by atoms with Crippen molar-refractivity contribution >= 4 is 0 Å². The van der Waals surface area contributed by atoms with E-state index < -0.39 is 11.8 Å². The van der Waals surface area contributed by atoms with Crippen LogP contribution in [0.1, 0.15) is 50.0 Å². The number of halogens is 3. The Labute approximate surface area is 141 Å². The molecule has 0 unspecified atom stereocenters. The zero-order chi connectivity index (χ0) is 17.2. The Balaban J connectivity index is 1.45. The largest absolute Gasteiger partial charge is 0.417 e. The first-order valence-electron chi connectivity index (χ1n) is 8.94. The van der Waals surface area contributed by atoms with Gasteiger partial charge in [-0.1, -0.05) is 30.3 Å². The topological polar surface area (TPSA) is 23.5 Å². The number of aliphatic hydroxyl groups is 1. The maximum Gasteiger partial charge on any atom is 0.417 e. The van der Waals surface area contributed by atoms with Crippen LogP contribution in [0, 0.1) is 5.92 Å². The van der Waals surface area contributed by atoms with Crippen LogP contribution in [0.25, 0.3) is 0 Å². The van der Waals surface area contributed by atoms with Crippen molar-refractivity contribution in [2.75, 3.05) is 19.6 Å². The first-order chi connectivity index (χ1) is 11.4. The normalized spacial score (nSPS) is 28.7. The highest BCUT2D eigenvalue weighted by Gasteiger charge is 2.54. The van der Waals surface area contributed by atoms with E-state index >= 15 is 0 Å². The van der Waals surface area contributed by atoms with E-state index in [1.54, 1.807) is 0 Å². The Bertz CT molecular complexity index is 515. The summed E-state index contributed by atoms with van der Waals surface area (Å²) in [5.74, 6) is 1.20. The lowest BCUT2D eigenvalue weighted by molar-refractivity contribution is -0.272. The summed E-state index contributed by atoms with van der Waals surface area (Å²) in [6.07, 6.45) is -0.304. The minimum absolute atomic E-state index is 0.199. The Morgan fingerprint density at radius 1 is 1.00 bits per heavy atom. The molecule has 0 aromatic heterocycles. The summed E-state index contributed by atoms with van der Waals surface area (Å²) in [6, 6.07) is 10.6. The third-order valence-corrected chi connectivity index (χ3v) is 5.85. The zero-order valence-electron chi connectivity index (χ0n) is 13.9. The van der Waals surface area contributed by atoms with Gasteiger partial charge in [-0.25, -0.2) is 0 Å². The van der Waals surface area contributed by atoms with Crippen molar-refractivity contribution in [2.24, 2.45) is 5.92 Å². The second-order valence-electron chi connectivity index (χ2n) is 7.46. The van der Waals surface area contributed by atoms with Crippen LogP contribution in [0.3, 0.4) is 0 Å². The van der Waals surface area contributed by atoms with Gasteiger partial charge in [0, 0.05) is 19.6 Å². The average Bonchev–Trinajstić information content (AvgIpc) is 2.58. The van der Waals surface area contributed by atoms with Crippen LogP contribution in [0.15, 0.2) is 30.3 Å². The van der Waals surface area contributed by atoms with Crippen molar-refractivity contribution in [3.05, 3.63) is 35.9 Å². The van der Waals surface area contributed by atoms with E-state index in [2.05, 4.69) is 29.2 Å². The van der Waals surface area contributed by atoms with E-state index in [1.165, 1.54) is 5.56 Å². The number of rotatable bonds is 3. The van der Waals surface area contributed by atoms with E-state index in [0.29, 0.717) is 24.9 Å². The summed E-state index contributed by atoms with van der Waals surface area (Å²) < 4.78 is 38.5. The Morgan fingerprint density at radius 2 is 1.58 bits per heavy atom. The highest BCUT2D eigenvalue weighted by atomic mass is 19.4. The van der Waals surface area contributed by atoms with Gasteiger partial charge in [-0.15, -0.1) is 0 Å². The first-order valence-corrected chi connectivity index (χ1v) is 8.94. The number of hydrogen-bond acceptors (Lipinski definition) is 2. The van der Waals surface area contributed by atoms with Crippen LogP contribution in [-0.4, -0.2) is 41.4 Å². The minimum atomic E-state index is -4.51. The van der Waals surface area contributed by atoms with Gasteiger partial charge >= 0.3 is 6.18 Å². The Kier molecular flexibility index (Phi) is 5.21. The van der Waals surface area contributed by atoms with Crippen molar-refractivity contribution < 1.29 is 18.3 Å². The van der Waals surface area contributed by atoms with E-state index in [4.69, 9.17) is 0 Å². The molecule has 0 radical (unpaired) electrons. The van der Waals surface area contributed by atoms with Crippen LogP contribution < -0.4 is 0 Å². The lowest BCUT2D eigenvalue weighted by atomic mass is 9.78. The van der Waals surface area contributed by atoms with Gasteiger partial charge in [0.15, 0.2) is 5.60 Å². The maximum absolute atomic E-state index is 12.8. The predicted octanol–water partition coefficient (Wildman–Crippen LogP) is 4.35. The standard InChI is InChI=1S/C19H26F3NO/c20-19(21,22)18(24)10-12-23(13-11-18)14-15-6-8-17(9-7-15)16-4-2-1-3-5-16/h1-5,15,17,24H,6-14H2. The number of likely N-dealkylation sites (tertiary alicyclic amines) is 1. The molecule has 5 heteroatoms. The van der Waals surface area contributed by atoms with E-state index in [-0.39, 0.29) is 12.8 Å². The van der Waals surface area contributed by atoms with Crippen molar-refractivity contribution in [3.8, 4) is 0 Å². The summed E-state index contributed by atoms with van der Waals surface area (Å²) in [6.45, 7) is 1.55. The molecule has 1 N–H and O–H groups in total. The molecule has 0 amide bonds. The van der Waals surface area contributed by atoms with Crippen molar-refractivity contribution in [3.63, 3.8) is 0 Å². The summed E-state index contributed by atoms with van der Waals surface area (Å²) in [7, 11) is 0. The van der Waals surface area contributed by atoms with Crippen LogP contribution in [-0.2, 0) is 0 Å². The third-order valence-electron chi connectivity index (χ3n) is 5.85. The zero-order valence-corrected chi connectivity index (χ0v) is 13.9. The third kappa shape index (κ3) is 3.94. The van der Waals surface area contributed by atoms with Crippen LogP contribution in [0.4, 0.5) is 13.2 Å². The monoisotopic (exact) mass is 341 g/mol. The molecule has 134 valence electrons. The molecule has 0 atom stereocenters. The molecule has 0 bridgehead atoms. The van der Waals surface area contributed by atoms with Crippen LogP contribution >= 0.6 is 0 Å². The van der Waals surface area contributed by atoms with Gasteiger partial charge in [0.25, 0.3) is 0 Å². The SMILES string of the molecule is OC1(C(F)(F)F)CCN(CC2CCC(c3ccccc3)CC2)CC1. The molecule has 1 aromatic carbocycles. The molecule has 1 heterocycles. The molecule has 24 heavy (non-hydrogen) atoms. The molecule has 2 fully saturated rings. The number of nitrogens with zero attached hydrogens (tertiary/aromatic N) is 1. The fraction of sp³-hybridized carbons (Fsp3) is 0.684.